The average Bonchev–Trinajstić information content (AvgIpc) is 2.65. The Bertz CT molecular complexity index is 799. The Kier molecular flexibility index (Phi) is 7.67. The molecule has 0 bridgehead atoms. The van der Waals surface area contributed by atoms with Crippen LogP contribution >= 0.6 is 11.6 Å². The van der Waals surface area contributed by atoms with Gasteiger partial charge in [-0.2, -0.15) is 0 Å². The Labute approximate surface area is 164 Å². The number of aryl methyl sites for hydroxylation is 1. The Hall–Kier alpha value is -2.54. The van der Waals surface area contributed by atoms with Crippen LogP contribution in [0.4, 0.5) is 11.5 Å². The van der Waals surface area contributed by atoms with E-state index in [1.165, 1.54) is 7.11 Å². The molecule has 2 rings (SSSR count). The number of anilines is 2. The van der Waals surface area contributed by atoms with Gasteiger partial charge in [0.1, 0.15) is 28.8 Å². The molecule has 2 N–H and O–H groups in total. The molecule has 0 spiro atoms. The van der Waals surface area contributed by atoms with E-state index in [0.29, 0.717) is 46.1 Å². The number of hydrogen-bond donors (Lipinski definition) is 2. The predicted octanol–water partition coefficient (Wildman–Crippen LogP) is 4.12. The molecule has 146 valence electrons. The van der Waals surface area contributed by atoms with Crippen LogP contribution in [-0.2, 0) is 0 Å². The largest absolute Gasteiger partial charge is 0.495 e. The zero-order chi connectivity index (χ0) is 19.8. The SMILES string of the molecule is CCCCCNC(=O)c1cc(Nc2cc(OC)c(Cl)cc2OC)nc(C)n1. The highest BCUT2D eigenvalue weighted by molar-refractivity contribution is 6.32. The Morgan fingerprint density at radius 1 is 1.11 bits per heavy atom. The summed E-state index contributed by atoms with van der Waals surface area (Å²) in [4.78, 5) is 20.9. The second kappa shape index (κ2) is 9.97. The first-order valence-electron chi connectivity index (χ1n) is 8.80. The zero-order valence-corrected chi connectivity index (χ0v) is 16.8. The fraction of sp³-hybridized carbons (Fsp3) is 0.421. The van der Waals surface area contributed by atoms with Crippen molar-refractivity contribution in [1.82, 2.24) is 15.3 Å². The second-order valence-corrected chi connectivity index (χ2v) is 6.37. The van der Waals surface area contributed by atoms with Crippen molar-refractivity contribution in [3.8, 4) is 11.5 Å². The van der Waals surface area contributed by atoms with Crippen molar-refractivity contribution < 1.29 is 14.3 Å². The van der Waals surface area contributed by atoms with Gasteiger partial charge in [0.05, 0.1) is 24.9 Å². The van der Waals surface area contributed by atoms with E-state index in [-0.39, 0.29) is 5.91 Å². The fourth-order valence-electron chi connectivity index (χ4n) is 2.51. The molecule has 0 fully saturated rings. The van der Waals surface area contributed by atoms with Crippen LogP contribution in [0.15, 0.2) is 18.2 Å². The molecule has 0 unspecified atom stereocenters. The molecule has 0 saturated heterocycles. The summed E-state index contributed by atoms with van der Waals surface area (Å²) in [5.74, 6) is 1.77. The van der Waals surface area contributed by atoms with Gasteiger partial charge in [0.2, 0.25) is 0 Å². The van der Waals surface area contributed by atoms with E-state index in [9.17, 15) is 4.79 Å². The van der Waals surface area contributed by atoms with Crippen LogP contribution < -0.4 is 20.1 Å². The van der Waals surface area contributed by atoms with Crippen LogP contribution in [0.5, 0.6) is 11.5 Å². The second-order valence-electron chi connectivity index (χ2n) is 5.96. The van der Waals surface area contributed by atoms with Crippen molar-refractivity contribution in [3.05, 3.63) is 34.7 Å². The summed E-state index contributed by atoms with van der Waals surface area (Å²) in [6.07, 6.45) is 3.12. The zero-order valence-electron chi connectivity index (χ0n) is 16.1. The number of carbonyl (C=O) groups excluding carboxylic acids is 1. The highest BCUT2D eigenvalue weighted by atomic mass is 35.5. The fourth-order valence-corrected chi connectivity index (χ4v) is 2.74. The van der Waals surface area contributed by atoms with Crippen molar-refractivity contribution in [1.29, 1.82) is 0 Å². The number of methoxy groups -OCH3 is 2. The first kappa shape index (κ1) is 20.8. The summed E-state index contributed by atoms with van der Waals surface area (Å²) in [7, 11) is 3.08. The maximum absolute atomic E-state index is 12.3. The van der Waals surface area contributed by atoms with Gasteiger partial charge in [-0.25, -0.2) is 9.97 Å². The molecule has 1 aromatic carbocycles. The molecule has 8 heteroatoms. The molecular formula is C19H25ClN4O3. The van der Waals surface area contributed by atoms with Gasteiger partial charge >= 0.3 is 0 Å². The van der Waals surface area contributed by atoms with Crippen molar-refractivity contribution in [2.45, 2.75) is 33.1 Å². The number of rotatable bonds is 9. The van der Waals surface area contributed by atoms with Gasteiger partial charge in [-0.15, -0.1) is 0 Å². The molecule has 1 amide bonds. The minimum atomic E-state index is -0.222. The molecule has 2 aromatic rings. The summed E-state index contributed by atoms with van der Waals surface area (Å²) < 4.78 is 10.6. The van der Waals surface area contributed by atoms with Crippen LogP contribution in [0.1, 0.15) is 42.5 Å². The van der Waals surface area contributed by atoms with Crippen LogP contribution in [-0.4, -0.2) is 36.6 Å². The third kappa shape index (κ3) is 5.72. The molecular weight excluding hydrogens is 368 g/mol. The van der Waals surface area contributed by atoms with Crippen LogP contribution in [0, 0.1) is 6.92 Å². The number of unbranched alkanes of at least 4 members (excludes halogenated alkanes) is 2. The maximum atomic E-state index is 12.3. The monoisotopic (exact) mass is 392 g/mol. The van der Waals surface area contributed by atoms with Crippen molar-refractivity contribution >= 4 is 29.0 Å². The van der Waals surface area contributed by atoms with Crippen molar-refractivity contribution in [2.75, 3.05) is 26.1 Å². The average molecular weight is 393 g/mol. The first-order valence-corrected chi connectivity index (χ1v) is 9.18. The third-order valence-corrected chi connectivity index (χ3v) is 4.17. The lowest BCUT2D eigenvalue weighted by Gasteiger charge is -2.14. The van der Waals surface area contributed by atoms with Crippen molar-refractivity contribution in [2.24, 2.45) is 0 Å². The molecule has 7 nitrogen and oxygen atoms in total. The van der Waals surface area contributed by atoms with Crippen LogP contribution in [0.25, 0.3) is 0 Å². The molecule has 1 aromatic heterocycles. The normalized spacial score (nSPS) is 10.4. The Morgan fingerprint density at radius 3 is 2.52 bits per heavy atom. The summed E-state index contributed by atoms with van der Waals surface area (Å²) in [5, 5.41) is 6.46. The van der Waals surface area contributed by atoms with Gasteiger partial charge < -0.3 is 20.1 Å². The first-order chi connectivity index (χ1) is 13.0. The smallest absolute Gasteiger partial charge is 0.270 e. The van der Waals surface area contributed by atoms with Gasteiger partial charge in [-0.05, 0) is 13.3 Å². The molecule has 1 heterocycles. The van der Waals surface area contributed by atoms with Gasteiger partial charge in [0.15, 0.2) is 0 Å². The molecule has 0 aliphatic heterocycles. The third-order valence-electron chi connectivity index (χ3n) is 3.87. The van der Waals surface area contributed by atoms with E-state index >= 15 is 0 Å². The number of benzene rings is 1. The highest BCUT2D eigenvalue weighted by Gasteiger charge is 2.14. The maximum Gasteiger partial charge on any atom is 0.270 e. The van der Waals surface area contributed by atoms with E-state index in [0.717, 1.165) is 19.3 Å². The number of nitrogens with one attached hydrogen (secondary N) is 2. The number of ether oxygens (including phenoxy) is 2. The minimum Gasteiger partial charge on any atom is -0.495 e. The van der Waals surface area contributed by atoms with Crippen molar-refractivity contribution in [3.63, 3.8) is 0 Å². The quantitative estimate of drug-likeness (QED) is 0.624. The number of nitrogens with zero attached hydrogens (tertiary/aromatic N) is 2. The Morgan fingerprint density at radius 2 is 1.85 bits per heavy atom. The number of carbonyl (C=O) groups is 1. The predicted molar refractivity (Wildman–Crippen MR) is 106 cm³/mol. The highest BCUT2D eigenvalue weighted by Crippen LogP contribution is 2.37. The van der Waals surface area contributed by atoms with E-state index in [4.69, 9.17) is 21.1 Å². The number of aromatic nitrogens is 2. The number of amides is 1. The summed E-state index contributed by atoms with van der Waals surface area (Å²) in [6, 6.07) is 4.96. The molecule has 0 saturated carbocycles. The van der Waals surface area contributed by atoms with Gasteiger partial charge in [0.25, 0.3) is 5.91 Å². The standard InChI is InChI=1S/C19H25ClN4O3/c1-5-6-7-8-21-19(25)15-11-18(23-12(2)22-15)24-14-10-16(26-3)13(20)9-17(14)27-4/h9-11H,5-8H2,1-4H3,(H,21,25)(H,22,23,24). The summed E-state index contributed by atoms with van der Waals surface area (Å²) in [5.41, 5.74) is 0.924. The van der Waals surface area contributed by atoms with E-state index in [1.807, 2.05) is 0 Å². The molecule has 27 heavy (non-hydrogen) atoms. The topological polar surface area (TPSA) is 85.4 Å². The summed E-state index contributed by atoms with van der Waals surface area (Å²) >= 11 is 6.13. The minimum absolute atomic E-state index is 0.222. The lowest BCUT2D eigenvalue weighted by atomic mass is 10.2. The van der Waals surface area contributed by atoms with E-state index in [2.05, 4.69) is 27.5 Å². The lowest BCUT2D eigenvalue weighted by Crippen LogP contribution is -2.25. The van der Waals surface area contributed by atoms with Gasteiger partial charge in [-0.1, -0.05) is 31.4 Å². The van der Waals surface area contributed by atoms with Crippen LogP contribution in [0.3, 0.4) is 0 Å². The van der Waals surface area contributed by atoms with Gasteiger partial charge in [-0.3, -0.25) is 4.79 Å². The molecule has 0 aliphatic rings. The lowest BCUT2D eigenvalue weighted by molar-refractivity contribution is 0.0947. The number of hydrogen-bond acceptors (Lipinski definition) is 6. The van der Waals surface area contributed by atoms with E-state index < -0.39 is 0 Å². The molecule has 0 atom stereocenters. The van der Waals surface area contributed by atoms with Gasteiger partial charge in [0, 0.05) is 24.7 Å². The van der Waals surface area contributed by atoms with Crippen LogP contribution in [0.2, 0.25) is 5.02 Å². The number of halogens is 1. The molecule has 0 aliphatic carbocycles. The Balaban J connectivity index is 2.22. The molecule has 0 radical (unpaired) electrons. The van der Waals surface area contributed by atoms with E-state index in [1.54, 1.807) is 32.2 Å². The summed E-state index contributed by atoms with van der Waals surface area (Å²) in [6.45, 7) is 4.48.